The summed E-state index contributed by atoms with van der Waals surface area (Å²) in [5, 5.41) is 5.64. The van der Waals surface area contributed by atoms with Crippen LogP contribution in [0, 0.1) is 6.92 Å². The second-order valence-electron chi connectivity index (χ2n) is 4.35. The number of thiophene rings is 1. The molecule has 102 valence electrons. The number of ether oxygens (including phenoxy) is 1. The molecule has 4 heteroatoms. The Balaban J connectivity index is 2.42. The Morgan fingerprint density at radius 2 is 2.16 bits per heavy atom. The molecule has 0 aliphatic rings. The van der Waals surface area contributed by atoms with Gasteiger partial charge in [-0.05, 0) is 58.0 Å². The summed E-state index contributed by atoms with van der Waals surface area (Å²) in [4.78, 5) is 1.30. The summed E-state index contributed by atoms with van der Waals surface area (Å²) in [6.45, 7) is 5.11. The van der Waals surface area contributed by atoms with Gasteiger partial charge in [-0.1, -0.05) is 19.1 Å². The molecule has 0 aliphatic carbocycles. The molecule has 1 heterocycles. The number of hydrogen-bond acceptors (Lipinski definition) is 3. The number of hydrogen-bond donors (Lipinski definition) is 1. The molecule has 0 saturated heterocycles. The maximum atomic E-state index is 5.43. The maximum Gasteiger partial charge on any atom is 0.122 e. The lowest BCUT2D eigenvalue weighted by atomic mass is 10.0. The average molecular weight is 340 g/mol. The minimum Gasteiger partial charge on any atom is -0.496 e. The summed E-state index contributed by atoms with van der Waals surface area (Å²) in [5.41, 5.74) is 2.39. The van der Waals surface area contributed by atoms with E-state index >= 15 is 0 Å². The van der Waals surface area contributed by atoms with Crippen LogP contribution in [0.4, 0.5) is 0 Å². The topological polar surface area (TPSA) is 21.3 Å². The van der Waals surface area contributed by atoms with E-state index in [0.717, 1.165) is 22.3 Å². The Kier molecular flexibility index (Phi) is 5.02. The Morgan fingerprint density at radius 1 is 1.37 bits per heavy atom. The van der Waals surface area contributed by atoms with Crippen LogP contribution >= 0.6 is 27.3 Å². The fourth-order valence-corrected chi connectivity index (χ4v) is 3.80. The zero-order valence-electron chi connectivity index (χ0n) is 11.4. The number of halogens is 1. The molecule has 0 fully saturated rings. The number of aryl methyl sites for hydroxylation is 1. The van der Waals surface area contributed by atoms with Crippen LogP contribution in [0.2, 0.25) is 0 Å². The molecule has 0 bridgehead atoms. The van der Waals surface area contributed by atoms with E-state index in [1.807, 2.05) is 0 Å². The van der Waals surface area contributed by atoms with Gasteiger partial charge in [-0.2, -0.15) is 0 Å². The molecule has 2 aromatic rings. The maximum absolute atomic E-state index is 5.43. The van der Waals surface area contributed by atoms with Crippen molar-refractivity contribution in [1.82, 2.24) is 5.32 Å². The molecule has 0 amide bonds. The van der Waals surface area contributed by atoms with Gasteiger partial charge in [0.25, 0.3) is 0 Å². The molecular formula is C15H18BrNOS. The third-order valence-electron chi connectivity index (χ3n) is 3.08. The van der Waals surface area contributed by atoms with Crippen molar-refractivity contribution in [2.75, 3.05) is 13.7 Å². The van der Waals surface area contributed by atoms with Crippen LogP contribution in [-0.2, 0) is 0 Å². The van der Waals surface area contributed by atoms with Crippen molar-refractivity contribution in [2.45, 2.75) is 19.9 Å². The van der Waals surface area contributed by atoms with Crippen LogP contribution in [0.3, 0.4) is 0 Å². The van der Waals surface area contributed by atoms with Gasteiger partial charge < -0.3 is 10.1 Å². The Bertz CT molecular complexity index is 553. The smallest absolute Gasteiger partial charge is 0.122 e. The summed E-state index contributed by atoms with van der Waals surface area (Å²) in [5.74, 6) is 0.938. The molecule has 1 N–H and O–H groups in total. The van der Waals surface area contributed by atoms with Gasteiger partial charge in [-0.3, -0.25) is 0 Å². The van der Waals surface area contributed by atoms with Gasteiger partial charge in [0.15, 0.2) is 0 Å². The highest BCUT2D eigenvalue weighted by atomic mass is 79.9. The van der Waals surface area contributed by atoms with Gasteiger partial charge in [-0.15, -0.1) is 11.3 Å². The van der Waals surface area contributed by atoms with Crippen LogP contribution in [0.25, 0.3) is 0 Å². The fraction of sp³-hybridized carbons (Fsp3) is 0.333. The lowest BCUT2D eigenvalue weighted by Gasteiger charge is -2.19. The summed E-state index contributed by atoms with van der Waals surface area (Å²) < 4.78 is 6.58. The van der Waals surface area contributed by atoms with Crippen molar-refractivity contribution >= 4 is 27.3 Å². The van der Waals surface area contributed by atoms with Gasteiger partial charge in [0, 0.05) is 9.35 Å². The first kappa shape index (κ1) is 14.6. The first-order valence-corrected chi connectivity index (χ1v) is 7.95. The van der Waals surface area contributed by atoms with E-state index in [0.29, 0.717) is 0 Å². The second kappa shape index (κ2) is 6.55. The van der Waals surface area contributed by atoms with E-state index < -0.39 is 0 Å². The van der Waals surface area contributed by atoms with E-state index in [-0.39, 0.29) is 6.04 Å². The lowest BCUT2D eigenvalue weighted by Crippen LogP contribution is -2.21. The van der Waals surface area contributed by atoms with Gasteiger partial charge in [0.1, 0.15) is 5.75 Å². The second-order valence-corrected chi connectivity index (χ2v) is 6.15. The standard InChI is InChI=1S/C15H18BrNOS/c1-4-17-14(15-12(16)7-8-19-15)11-6-5-10(2)13(9-11)18-3/h5-9,14,17H,4H2,1-3H3. The van der Waals surface area contributed by atoms with E-state index in [1.165, 1.54) is 10.4 Å². The van der Waals surface area contributed by atoms with Crippen molar-refractivity contribution in [3.05, 3.63) is 50.1 Å². The van der Waals surface area contributed by atoms with Crippen molar-refractivity contribution in [2.24, 2.45) is 0 Å². The highest BCUT2D eigenvalue weighted by Crippen LogP contribution is 2.34. The largest absolute Gasteiger partial charge is 0.496 e. The molecule has 1 unspecified atom stereocenters. The Hall–Kier alpha value is -0.840. The number of nitrogens with one attached hydrogen (secondary N) is 1. The van der Waals surface area contributed by atoms with Gasteiger partial charge in [-0.25, -0.2) is 0 Å². The first-order chi connectivity index (χ1) is 9.17. The minimum absolute atomic E-state index is 0.203. The third kappa shape index (κ3) is 3.19. The van der Waals surface area contributed by atoms with Gasteiger partial charge in [0.05, 0.1) is 13.2 Å². The molecular weight excluding hydrogens is 322 g/mol. The van der Waals surface area contributed by atoms with E-state index in [4.69, 9.17) is 4.74 Å². The summed E-state index contributed by atoms with van der Waals surface area (Å²) in [6, 6.07) is 8.69. The monoisotopic (exact) mass is 339 g/mol. The zero-order chi connectivity index (χ0) is 13.8. The molecule has 0 spiro atoms. The van der Waals surface area contributed by atoms with E-state index in [9.17, 15) is 0 Å². The van der Waals surface area contributed by atoms with Gasteiger partial charge in [0.2, 0.25) is 0 Å². The molecule has 1 atom stereocenters. The SMILES string of the molecule is CCNC(c1ccc(C)c(OC)c1)c1sccc1Br. The molecule has 19 heavy (non-hydrogen) atoms. The highest BCUT2D eigenvalue weighted by Gasteiger charge is 2.18. The predicted molar refractivity (Wildman–Crippen MR) is 85.3 cm³/mol. The molecule has 2 nitrogen and oxygen atoms in total. The molecule has 1 aromatic heterocycles. The lowest BCUT2D eigenvalue weighted by molar-refractivity contribution is 0.410. The van der Waals surface area contributed by atoms with E-state index in [1.54, 1.807) is 18.4 Å². The molecule has 1 aromatic carbocycles. The normalized spacial score (nSPS) is 12.4. The molecule has 0 radical (unpaired) electrons. The quantitative estimate of drug-likeness (QED) is 0.864. The summed E-state index contributed by atoms with van der Waals surface area (Å²) in [6.07, 6.45) is 0. The van der Waals surface area contributed by atoms with Crippen LogP contribution in [0.1, 0.15) is 29.0 Å². The fourth-order valence-electron chi connectivity index (χ4n) is 2.09. The van der Waals surface area contributed by atoms with Crippen LogP contribution in [-0.4, -0.2) is 13.7 Å². The highest BCUT2D eigenvalue weighted by molar-refractivity contribution is 9.10. The number of rotatable bonds is 5. The third-order valence-corrected chi connectivity index (χ3v) is 5.02. The molecule has 0 aliphatic heterocycles. The van der Waals surface area contributed by atoms with Crippen LogP contribution in [0.15, 0.2) is 34.1 Å². The average Bonchev–Trinajstić information content (AvgIpc) is 2.83. The summed E-state index contributed by atoms with van der Waals surface area (Å²) in [7, 11) is 1.72. The van der Waals surface area contributed by atoms with E-state index in [2.05, 4.69) is 64.7 Å². The number of methoxy groups -OCH3 is 1. The van der Waals surface area contributed by atoms with Crippen LogP contribution in [0.5, 0.6) is 5.75 Å². The minimum atomic E-state index is 0.203. The molecule has 0 saturated carbocycles. The van der Waals surface area contributed by atoms with Crippen molar-refractivity contribution in [1.29, 1.82) is 0 Å². The number of benzene rings is 1. The van der Waals surface area contributed by atoms with Crippen molar-refractivity contribution in [3.8, 4) is 5.75 Å². The van der Waals surface area contributed by atoms with Crippen molar-refractivity contribution < 1.29 is 4.74 Å². The van der Waals surface area contributed by atoms with Gasteiger partial charge >= 0.3 is 0 Å². The Labute approximate surface area is 126 Å². The Morgan fingerprint density at radius 3 is 2.74 bits per heavy atom. The predicted octanol–water partition coefficient (Wildman–Crippen LogP) is 4.53. The summed E-state index contributed by atoms with van der Waals surface area (Å²) >= 11 is 5.38. The zero-order valence-corrected chi connectivity index (χ0v) is 13.8. The molecule has 2 rings (SSSR count). The first-order valence-electron chi connectivity index (χ1n) is 6.28. The van der Waals surface area contributed by atoms with Crippen LogP contribution < -0.4 is 10.1 Å². The van der Waals surface area contributed by atoms with Crippen molar-refractivity contribution in [3.63, 3.8) is 0 Å².